The second kappa shape index (κ2) is 5.68. The lowest BCUT2D eigenvalue weighted by molar-refractivity contribution is -0.118. The van der Waals surface area contributed by atoms with Crippen molar-refractivity contribution in [1.82, 2.24) is 14.5 Å². The molecule has 1 aliphatic rings. The number of aromatic nitrogens is 3. The summed E-state index contributed by atoms with van der Waals surface area (Å²) in [6.07, 6.45) is 7.94. The number of hydrogen-bond acceptors (Lipinski definition) is 3. The van der Waals surface area contributed by atoms with Gasteiger partial charge in [0.1, 0.15) is 0 Å². The Balaban J connectivity index is 1.58. The Morgan fingerprint density at radius 1 is 1.17 bits per heavy atom. The molecule has 0 saturated carbocycles. The van der Waals surface area contributed by atoms with Crippen LogP contribution < -0.4 is 4.90 Å². The molecule has 1 amide bonds. The summed E-state index contributed by atoms with van der Waals surface area (Å²) in [6, 6.07) is 14.3. The number of anilines is 1. The Morgan fingerprint density at radius 2 is 2.04 bits per heavy atom. The van der Waals surface area contributed by atoms with Gasteiger partial charge in [0.2, 0.25) is 5.91 Å². The zero-order valence-electron chi connectivity index (χ0n) is 12.5. The smallest absolute Gasteiger partial charge is 0.236 e. The number of rotatable bonds is 3. The molecule has 0 N–H and O–H groups in total. The lowest BCUT2D eigenvalue weighted by Gasteiger charge is -2.16. The predicted molar refractivity (Wildman–Crippen MR) is 86.3 cm³/mol. The highest BCUT2D eigenvalue weighted by atomic mass is 16.2. The highest BCUT2D eigenvalue weighted by Gasteiger charge is 2.35. The predicted octanol–water partition coefficient (Wildman–Crippen LogP) is 2.59. The van der Waals surface area contributed by atoms with E-state index in [2.05, 4.69) is 16.0 Å². The van der Waals surface area contributed by atoms with E-state index in [1.807, 2.05) is 52.1 Å². The van der Waals surface area contributed by atoms with E-state index in [1.165, 1.54) is 0 Å². The molecule has 3 heterocycles. The largest absolute Gasteiger partial charge is 0.312 e. The van der Waals surface area contributed by atoms with Crippen LogP contribution in [-0.2, 0) is 4.79 Å². The molecule has 1 saturated heterocycles. The zero-order chi connectivity index (χ0) is 15.6. The molecule has 1 unspecified atom stereocenters. The van der Waals surface area contributed by atoms with Crippen LogP contribution >= 0.6 is 0 Å². The van der Waals surface area contributed by atoms with E-state index >= 15 is 0 Å². The number of pyridine rings is 1. The van der Waals surface area contributed by atoms with Crippen molar-refractivity contribution in [3.8, 4) is 5.69 Å². The molecule has 5 heteroatoms. The molecule has 5 nitrogen and oxygen atoms in total. The van der Waals surface area contributed by atoms with Gasteiger partial charge in [-0.25, -0.2) is 4.98 Å². The fourth-order valence-corrected chi connectivity index (χ4v) is 2.93. The minimum atomic E-state index is -0.183. The lowest BCUT2D eigenvalue weighted by Crippen LogP contribution is -2.26. The van der Waals surface area contributed by atoms with Crippen molar-refractivity contribution in [2.75, 3.05) is 11.4 Å². The van der Waals surface area contributed by atoms with E-state index < -0.39 is 0 Å². The second-order valence-electron chi connectivity index (χ2n) is 5.51. The highest BCUT2D eigenvalue weighted by Crippen LogP contribution is 2.31. The SMILES string of the molecule is O=C1C(c2cn(-c3cccnc3)cn2)CCN1c1cc[c]cc1. The maximum Gasteiger partial charge on any atom is 0.236 e. The average Bonchev–Trinajstić information content (AvgIpc) is 3.23. The van der Waals surface area contributed by atoms with Gasteiger partial charge in [-0.15, -0.1) is 0 Å². The fourth-order valence-electron chi connectivity index (χ4n) is 2.93. The topological polar surface area (TPSA) is 51.0 Å². The van der Waals surface area contributed by atoms with Crippen molar-refractivity contribution in [2.24, 2.45) is 0 Å². The van der Waals surface area contributed by atoms with Crippen LogP contribution in [0.5, 0.6) is 0 Å². The molecule has 1 atom stereocenters. The third kappa shape index (κ3) is 2.50. The molecule has 3 aromatic rings. The number of carbonyl (C=O) groups excluding carboxylic acids is 1. The summed E-state index contributed by atoms with van der Waals surface area (Å²) in [5.41, 5.74) is 2.67. The molecule has 1 aliphatic heterocycles. The Kier molecular flexibility index (Phi) is 3.38. The van der Waals surface area contributed by atoms with Crippen molar-refractivity contribution in [3.63, 3.8) is 0 Å². The Labute approximate surface area is 134 Å². The Morgan fingerprint density at radius 3 is 2.83 bits per heavy atom. The van der Waals surface area contributed by atoms with E-state index in [1.54, 1.807) is 18.7 Å². The van der Waals surface area contributed by atoms with E-state index in [4.69, 9.17) is 0 Å². The van der Waals surface area contributed by atoms with Gasteiger partial charge in [-0.1, -0.05) is 12.1 Å². The van der Waals surface area contributed by atoms with E-state index in [0.717, 1.165) is 23.5 Å². The van der Waals surface area contributed by atoms with Crippen molar-refractivity contribution in [2.45, 2.75) is 12.3 Å². The summed E-state index contributed by atoms with van der Waals surface area (Å²) in [5.74, 6) is -0.0789. The number of benzene rings is 1. The molecule has 23 heavy (non-hydrogen) atoms. The van der Waals surface area contributed by atoms with Crippen molar-refractivity contribution in [3.05, 3.63) is 73.1 Å². The first-order valence-corrected chi connectivity index (χ1v) is 7.55. The Hall–Kier alpha value is -2.95. The van der Waals surface area contributed by atoms with Gasteiger partial charge >= 0.3 is 0 Å². The summed E-state index contributed by atoms with van der Waals surface area (Å²) in [5, 5.41) is 0. The molecule has 0 spiro atoms. The van der Waals surface area contributed by atoms with Crippen LogP contribution in [0.1, 0.15) is 18.0 Å². The fraction of sp³-hybridized carbons (Fsp3) is 0.167. The molecule has 113 valence electrons. The lowest BCUT2D eigenvalue weighted by atomic mass is 10.1. The van der Waals surface area contributed by atoms with Crippen LogP contribution in [0.25, 0.3) is 5.69 Å². The van der Waals surface area contributed by atoms with Gasteiger partial charge in [0.05, 0.1) is 29.8 Å². The second-order valence-corrected chi connectivity index (χ2v) is 5.51. The van der Waals surface area contributed by atoms with Crippen molar-refractivity contribution in [1.29, 1.82) is 0 Å². The van der Waals surface area contributed by atoms with E-state index in [0.29, 0.717) is 6.54 Å². The molecule has 0 bridgehead atoms. The number of amides is 1. The first kappa shape index (κ1) is 13.7. The third-order valence-electron chi connectivity index (χ3n) is 4.12. The van der Waals surface area contributed by atoms with Crippen LogP contribution in [-0.4, -0.2) is 27.0 Å². The number of nitrogens with zero attached hydrogens (tertiary/aromatic N) is 4. The van der Waals surface area contributed by atoms with Crippen molar-refractivity contribution < 1.29 is 4.79 Å². The quantitative estimate of drug-likeness (QED) is 0.747. The molecular weight excluding hydrogens is 288 g/mol. The summed E-state index contributed by atoms with van der Waals surface area (Å²) < 4.78 is 1.90. The molecule has 1 aromatic carbocycles. The summed E-state index contributed by atoms with van der Waals surface area (Å²) in [7, 11) is 0. The van der Waals surface area contributed by atoms with Crippen LogP contribution in [0.3, 0.4) is 0 Å². The Bertz CT molecular complexity index is 813. The molecule has 0 aliphatic carbocycles. The summed E-state index contributed by atoms with van der Waals surface area (Å²) >= 11 is 0. The van der Waals surface area contributed by atoms with Crippen molar-refractivity contribution >= 4 is 11.6 Å². The number of hydrogen-bond donors (Lipinski definition) is 0. The van der Waals surface area contributed by atoms with Gasteiger partial charge in [0, 0.05) is 24.6 Å². The van der Waals surface area contributed by atoms with Gasteiger partial charge in [0.15, 0.2) is 0 Å². The average molecular weight is 303 g/mol. The molecule has 2 aromatic heterocycles. The van der Waals surface area contributed by atoms with Gasteiger partial charge in [-0.3, -0.25) is 9.78 Å². The van der Waals surface area contributed by atoms with Crippen LogP contribution in [0.15, 0.2) is 61.3 Å². The first-order valence-electron chi connectivity index (χ1n) is 7.55. The molecule has 1 fully saturated rings. The molecule has 4 rings (SSSR count). The van der Waals surface area contributed by atoms with Crippen LogP contribution in [0.4, 0.5) is 5.69 Å². The zero-order valence-corrected chi connectivity index (χ0v) is 12.5. The van der Waals surface area contributed by atoms with Gasteiger partial charge < -0.3 is 9.47 Å². The highest BCUT2D eigenvalue weighted by molar-refractivity contribution is 6.00. The number of imidazole rings is 1. The van der Waals surface area contributed by atoms with E-state index in [-0.39, 0.29) is 11.8 Å². The standard InChI is InChI=1S/C18H15N4O/c23-18-16(8-10-22(18)14-5-2-1-3-6-14)17-12-21(13-20-17)15-7-4-9-19-11-15/h2-7,9,11-13,16H,8,10H2. The van der Waals surface area contributed by atoms with Gasteiger partial charge in [-0.05, 0) is 36.8 Å². The minimum Gasteiger partial charge on any atom is -0.312 e. The van der Waals surface area contributed by atoms with Crippen LogP contribution in [0.2, 0.25) is 0 Å². The molecule has 1 radical (unpaired) electrons. The van der Waals surface area contributed by atoms with E-state index in [9.17, 15) is 4.79 Å². The molecular formula is C18H15N4O. The van der Waals surface area contributed by atoms with Gasteiger partial charge in [0.25, 0.3) is 0 Å². The summed E-state index contributed by atoms with van der Waals surface area (Å²) in [4.78, 5) is 23.1. The number of carbonyl (C=O) groups is 1. The monoisotopic (exact) mass is 303 g/mol. The normalized spacial score (nSPS) is 17.7. The minimum absolute atomic E-state index is 0.104. The van der Waals surface area contributed by atoms with Crippen LogP contribution in [0, 0.1) is 6.07 Å². The summed E-state index contributed by atoms with van der Waals surface area (Å²) in [6.45, 7) is 0.716. The maximum atomic E-state index is 12.7. The third-order valence-corrected chi connectivity index (χ3v) is 4.12. The van der Waals surface area contributed by atoms with Gasteiger partial charge in [-0.2, -0.15) is 0 Å². The first-order chi connectivity index (χ1) is 11.3. The maximum absolute atomic E-state index is 12.7.